The average Bonchev–Trinajstić information content (AvgIpc) is 1.26. The van der Waals surface area contributed by atoms with Gasteiger partial charge in [0.25, 0.3) is 6.33 Å². The van der Waals surface area contributed by atoms with E-state index in [1.165, 1.54) is 53.1 Å². The van der Waals surface area contributed by atoms with Gasteiger partial charge in [0, 0.05) is 54.0 Å². The predicted octanol–water partition coefficient (Wildman–Crippen LogP) is 17.6. The molecule has 440 valence electrons. The average molecular weight is 1420 g/mol. The number of rotatable bonds is 14. The van der Waals surface area contributed by atoms with E-state index in [1.54, 1.807) is 30.3 Å². The first-order valence-corrected chi connectivity index (χ1v) is 29.5. The van der Waals surface area contributed by atoms with E-state index < -0.39 is 327 Å². The summed E-state index contributed by atoms with van der Waals surface area (Å²) >= 11 is 0. The van der Waals surface area contributed by atoms with Gasteiger partial charge in [0.15, 0.2) is 8.07 Å². The molecule has 0 atom stereocenters. The molecule has 0 saturated heterocycles. The topological polar surface area (TPSA) is 35.9 Å². The van der Waals surface area contributed by atoms with Crippen molar-refractivity contribution in [3.8, 4) is 84.3 Å². The zero-order valence-electron chi connectivity index (χ0n) is 87.8. The van der Waals surface area contributed by atoms with Gasteiger partial charge in [-0.25, -0.2) is 4.98 Å². The predicted molar refractivity (Wildman–Crippen MR) is 375 cm³/mol. The van der Waals surface area contributed by atoms with E-state index in [0.29, 0.717) is 16.3 Å². The van der Waals surface area contributed by atoms with E-state index in [0.717, 1.165) is 33.5 Å². The molecule has 3 aromatic heterocycles. The summed E-state index contributed by atoms with van der Waals surface area (Å²) in [5.74, 6) is -0.447. The minimum atomic E-state index is -6.16. The first-order chi connectivity index (χ1) is 62.0. The summed E-state index contributed by atoms with van der Waals surface area (Å²) in [5.41, 5.74) is -8.33. The Balaban J connectivity index is 0.0000135. The van der Waals surface area contributed by atoms with Gasteiger partial charge in [-0.15, -0.1) is 29.7 Å². The molecule has 7 heteroatoms. The van der Waals surface area contributed by atoms with Crippen LogP contribution >= 0.6 is 0 Å². The van der Waals surface area contributed by atoms with Gasteiger partial charge in [-0.05, 0) is 125 Å². The Kier molecular flexibility index (Phi) is 7.54. The summed E-state index contributed by atoms with van der Waals surface area (Å²) in [5, 5.41) is -2.35. The number of benzene rings is 13. The Morgan fingerprint density at radius 3 is 1.57 bits per heavy atom. The molecular formula is C85H58N4OPtSi-2. The molecule has 0 aliphatic heterocycles. The molecule has 0 aliphatic carbocycles. The SMILES string of the molecule is [2H]c1c([2H])c([2H])c(-c2cnc(-n3c4[c-]c(Oc5[c-]c(-n6[c-][n+](-c7c(-c8c([2H])c([2H])c([2H])c([2H])c8[2H])cccc7-c7c([2H])c(-c8c([2H])c([2H])c([2H])c([2H])c8[2H])c([2H])c(-c8c([2H])c([2H])c([2H])c([2H])c8[2H])c7[2H])c7ccc([Si](c8c([2H])c([2H])c([2H])c([2H])c8[2H])(c8c([2H])c([2H])c([2H])c([2H])c8[2H])c8c([2H])c([2H])c([2H])c([2H])c8[2H])cc76)ccc5)ccc4c4ccccc43)cc2C([2H])([2H])[2H])c([2H])c1[2H].[Pt]. The molecule has 5 nitrogen and oxygen atoms in total. The second kappa shape index (κ2) is 24.8. The Morgan fingerprint density at radius 1 is 0.446 bits per heavy atom. The van der Waals surface area contributed by atoms with E-state index >= 15 is 0 Å². The molecule has 0 N–H and O–H groups in total. The standard InChI is InChI=1S/C85H58N4OSi.Pt/c1-60-51-84(86-58-79(60)64-33-15-5-16-34-64)89-80-46-24-23-43-77(80)78-49-47-70(56-82(78)89)90-69-36-25-35-68(55-69)87-59-88(81-50-48-74(57-83(81)87)91(71-37-17-6-18-38-71,72-39-19-7-20-40-72)73-41-21-8-22-42-73)85-75(63-31-13-4-14-32-63)44-26-45-76(85)67-53-65(61-27-9-2-10-28-61)52-66(54-67)62-29-11-3-12-30-62;/h2-54,57-58H,1H3;/q-2;/i1D3,2D,3D,4D,5D,6D,7D,8D,9D,10D,11D,12D,13D,14D,15D,16D,17D,18D,19D,20D,21D,22D,27D,28D,29D,30D,31D,32D,33D,34D,37D,38D,39D,40D,41D,42D,52D,53D,54D;. The van der Waals surface area contributed by atoms with Crippen LogP contribution in [0.4, 0.5) is 0 Å². The van der Waals surface area contributed by atoms with Crippen LogP contribution in [0.25, 0.3) is 106 Å². The number of ether oxygens (including phenoxy) is 1. The van der Waals surface area contributed by atoms with Crippen LogP contribution in [-0.4, -0.2) is 22.2 Å². The minimum absolute atomic E-state index is 0. The Labute approximate surface area is 609 Å². The summed E-state index contributed by atoms with van der Waals surface area (Å²) in [6.45, 7) is -3.03. The molecule has 3 heterocycles. The number of hydrogen-bond donors (Lipinski definition) is 0. The minimum Gasteiger partial charge on any atom is -0.510 e. The Bertz CT molecular complexity index is 7400. The molecule has 92 heavy (non-hydrogen) atoms. The van der Waals surface area contributed by atoms with Crippen LogP contribution in [0.15, 0.2) is 333 Å². The molecule has 0 saturated carbocycles. The van der Waals surface area contributed by atoms with E-state index in [4.69, 9.17) is 32.2 Å². The van der Waals surface area contributed by atoms with Crippen molar-refractivity contribution in [2.75, 3.05) is 0 Å². The molecule has 13 aromatic carbocycles. The monoisotopic (exact) mass is 1410 g/mol. The van der Waals surface area contributed by atoms with Crippen LogP contribution in [0.1, 0.15) is 61.8 Å². The van der Waals surface area contributed by atoms with Gasteiger partial charge < -0.3 is 13.9 Å². The van der Waals surface area contributed by atoms with Crippen molar-refractivity contribution < 1.29 is 86.6 Å². The van der Waals surface area contributed by atoms with E-state index in [-0.39, 0.29) is 66.2 Å². The van der Waals surface area contributed by atoms with E-state index in [2.05, 4.69) is 23.4 Å². The third-order valence-corrected chi connectivity index (χ3v) is 19.1. The third kappa shape index (κ3) is 10.4. The summed E-state index contributed by atoms with van der Waals surface area (Å²) in [4.78, 5) is 4.66. The number of aromatic nitrogens is 4. The second-order valence-electron chi connectivity index (χ2n) is 20.0. The fourth-order valence-electron chi connectivity index (χ4n) is 11.1. The summed E-state index contributed by atoms with van der Waals surface area (Å²) < 4.78 is 389. The molecule has 16 aromatic rings. The Hall–Kier alpha value is -11.0. The van der Waals surface area contributed by atoms with Crippen molar-refractivity contribution >= 4 is 61.7 Å². The zero-order chi connectivity index (χ0) is 96.2. The molecule has 0 aliphatic rings. The number of pyridine rings is 1. The van der Waals surface area contributed by atoms with Crippen molar-refractivity contribution in [2.45, 2.75) is 6.85 Å². The second-order valence-corrected chi connectivity index (χ2v) is 23.5. The fourth-order valence-corrected chi connectivity index (χ4v) is 14.9. The third-order valence-electron chi connectivity index (χ3n) is 14.9. The molecule has 0 bridgehead atoms. The normalized spacial score (nSPS) is 17.8. The van der Waals surface area contributed by atoms with Gasteiger partial charge >= 0.3 is 0 Å². The van der Waals surface area contributed by atoms with Crippen molar-refractivity contribution in [3.63, 3.8) is 0 Å². The molecule has 0 amide bonds. The van der Waals surface area contributed by atoms with Gasteiger partial charge in [-0.2, -0.15) is 18.2 Å². The number of fused-ring (bicyclic) bond motifs is 4. The van der Waals surface area contributed by atoms with Crippen LogP contribution in [0, 0.1) is 25.3 Å². The number of nitrogens with zero attached hydrogens (tertiary/aromatic N) is 4. The van der Waals surface area contributed by atoms with Crippen LogP contribution < -0.4 is 30.1 Å². The quantitative estimate of drug-likeness (QED) is 0.0471. The molecule has 0 unspecified atom stereocenters. The van der Waals surface area contributed by atoms with Crippen LogP contribution in [0.3, 0.4) is 0 Å². The van der Waals surface area contributed by atoms with Gasteiger partial charge in [-0.1, -0.05) is 272 Å². The van der Waals surface area contributed by atoms with Gasteiger partial charge in [0.05, 0.1) is 68.8 Å². The van der Waals surface area contributed by atoms with Gasteiger partial charge in [-0.3, -0.25) is 4.57 Å². The van der Waals surface area contributed by atoms with E-state index in [9.17, 15) is 28.8 Å². The van der Waals surface area contributed by atoms with Crippen molar-refractivity contribution in [1.82, 2.24) is 14.1 Å². The smallest absolute Gasteiger partial charge is 0.268 e. The molecule has 16 rings (SSSR count). The number of para-hydroxylation sites is 2. The van der Waals surface area contributed by atoms with E-state index in [1.807, 2.05) is 0 Å². The van der Waals surface area contributed by atoms with Gasteiger partial charge in [0.1, 0.15) is 5.82 Å². The van der Waals surface area contributed by atoms with Crippen LogP contribution in [0.5, 0.6) is 11.5 Å². The van der Waals surface area contributed by atoms with Crippen LogP contribution in [-0.2, 0) is 21.1 Å². The number of imidazole rings is 1. The summed E-state index contributed by atoms with van der Waals surface area (Å²) in [7, 11) is -6.16. The number of aryl methyl sites for hydroxylation is 1. The summed E-state index contributed by atoms with van der Waals surface area (Å²) in [6, 6.07) is -10.3. The molecule has 0 spiro atoms. The first-order valence-electron chi connectivity index (χ1n) is 48.0. The van der Waals surface area contributed by atoms with Crippen molar-refractivity contribution in [1.29, 1.82) is 0 Å². The maximum atomic E-state index is 10.5. The summed E-state index contributed by atoms with van der Waals surface area (Å²) in [6.07, 6.45) is 4.26. The largest absolute Gasteiger partial charge is 0.510 e. The van der Waals surface area contributed by atoms with Gasteiger partial charge in [0.2, 0.25) is 0 Å². The fraction of sp³-hybridized carbons (Fsp3) is 0.0118. The zero-order valence-corrected chi connectivity index (χ0v) is 50.1. The Morgan fingerprint density at radius 2 is 0.967 bits per heavy atom. The maximum Gasteiger partial charge on any atom is 0.268 e. The van der Waals surface area contributed by atoms with Crippen molar-refractivity contribution in [3.05, 3.63) is 357 Å². The van der Waals surface area contributed by atoms with Crippen LogP contribution in [0.2, 0.25) is 0 Å². The molecular weight excluding hydrogens is 1320 g/mol. The van der Waals surface area contributed by atoms with Crippen molar-refractivity contribution in [2.24, 2.45) is 0 Å². The first kappa shape index (κ1) is 28.0. The number of hydrogen-bond acceptors (Lipinski definition) is 2. The molecule has 0 radical (unpaired) electrons. The molecule has 0 fully saturated rings. The maximum absolute atomic E-state index is 10.5.